The third-order valence-corrected chi connectivity index (χ3v) is 2.37. The number of hydrogen-bond donors (Lipinski definition) is 1. The molecule has 0 heterocycles. The number of carbonyl (C=O) groups is 1. The molecular weight excluding hydrogens is 277 g/mol. The molecule has 0 aliphatic heterocycles. The van der Waals surface area contributed by atoms with Crippen LogP contribution in [0.3, 0.4) is 0 Å². The van der Waals surface area contributed by atoms with Crippen LogP contribution in [-0.4, -0.2) is 30.9 Å². The topological polar surface area (TPSA) is 55.8 Å². The molecule has 0 saturated heterocycles. The average molecular weight is 292 g/mol. The van der Waals surface area contributed by atoms with Crippen molar-refractivity contribution in [2.45, 2.75) is 19.5 Å². The van der Waals surface area contributed by atoms with E-state index in [1.807, 2.05) is 6.92 Å². The molecule has 7 heteroatoms. The second-order valence-electron chi connectivity index (χ2n) is 3.97. The van der Waals surface area contributed by atoms with Crippen LogP contribution in [0.4, 0.5) is 13.2 Å². The Morgan fingerprint density at radius 3 is 2.50 bits per heavy atom. The van der Waals surface area contributed by atoms with Gasteiger partial charge in [0.2, 0.25) is 0 Å². The first-order valence-corrected chi connectivity index (χ1v) is 6.01. The lowest BCUT2D eigenvalue weighted by molar-refractivity contribution is -0.137. The summed E-state index contributed by atoms with van der Waals surface area (Å²) in [4.78, 5) is 11.0. The number of ether oxygens (including phenoxy) is 2. The Morgan fingerprint density at radius 1 is 1.25 bits per heavy atom. The second kappa shape index (κ2) is 7.14. The van der Waals surface area contributed by atoms with E-state index in [-0.39, 0.29) is 19.0 Å². The van der Waals surface area contributed by atoms with E-state index in [1.165, 1.54) is 0 Å². The van der Waals surface area contributed by atoms with Gasteiger partial charge in [-0.25, -0.2) is 4.79 Å². The van der Waals surface area contributed by atoms with Crippen molar-refractivity contribution in [2.24, 2.45) is 0 Å². The number of hydrogen-bond acceptors (Lipinski definition) is 3. The van der Waals surface area contributed by atoms with E-state index in [9.17, 15) is 18.0 Å². The summed E-state index contributed by atoms with van der Waals surface area (Å²) < 4.78 is 47.8. The Labute approximate surface area is 114 Å². The quantitative estimate of drug-likeness (QED) is 0.784. The highest BCUT2D eigenvalue weighted by molar-refractivity contribution is 5.91. The van der Waals surface area contributed by atoms with Crippen LogP contribution in [0.15, 0.2) is 18.2 Å². The van der Waals surface area contributed by atoms with E-state index in [0.717, 1.165) is 18.6 Å². The third kappa shape index (κ3) is 4.73. The fraction of sp³-hybridized carbons (Fsp3) is 0.462. The molecule has 0 unspecified atom stereocenters. The maximum absolute atomic E-state index is 12.5. The molecule has 0 fully saturated rings. The van der Waals surface area contributed by atoms with Crippen LogP contribution in [0.25, 0.3) is 0 Å². The minimum atomic E-state index is -4.59. The van der Waals surface area contributed by atoms with Gasteiger partial charge in [-0.3, -0.25) is 0 Å². The highest BCUT2D eigenvalue weighted by Gasteiger charge is 2.32. The summed E-state index contributed by atoms with van der Waals surface area (Å²) in [6.07, 6.45) is -3.76. The van der Waals surface area contributed by atoms with Gasteiger partial charge in [0.1, 0.15) is 17.9 Å². The van der Waals surface area contributed by atoms with Crippen molar-refractivity contribution in [1.29, 1.82) is 0 Å². The van der Waals surface area contributed by atoms with Gasteiger partial charge in [-0.05, 0) is 24.6 Å². The van der Waals surface area contributed by atoms with Crippen molar-refractivity contribution < 1.29 is 32.5 Å². The lowest BCUT2D eigenvalue weighted by atomic mass is 10.1. The van der Waals surface area contributed by atoms with Gasteiger partial charge in [0.25, 0.3) is 0 Å². The van der Waals surface area contributed by atoms with Crippen LogP contribution in [0.2, 0.25) is 0 Å². The SMILES string of the molecule is CCCOCCOc1ccc(C(F)(F)F)cc1C(=O)O. The predicted molar refractivity (Wildman–Crippen MR) is 65.0 cm³/mol. The first-order valence-electron chi connectivity index (χ1n) is 6.01. The third-order valence-electron chi connectivity index (χ3n) is 2.37. The Hall–Kier alpha value is -1.76. The summed E-state index contributed by atoms with van der Waals surface area (Å²) in [6, 6.07) is 2.35. The zero-order valence-electron chi connectivity index (χ0n) is 10.9. The monoisotopic (exact) mass is 292 g/mol. The van der Waals surface area contributed by atoms with Crippen molar-refractivity contribution in [1.82, 2.24) is 0 Å². The predicted octanol–water partition coefficient (Wildman–Crippen LogP) is 3.21. The van der Waals surface area contributed by atoms with Gasteiger partial charge < -0.3 is 14.6 Å². The largest absolute Gasteiger partial charge is 0.490 e. The maximum Gasteiger partial charge on any atom is 0.416 e. The van der Waals surface area contributed by atoms with E-state index >= 15 is 0 Å². The summed E-state index contributed by atoms with van der Waals surface area (Å²) in [5, 5.41) is 8.92. The van der Waals surface area contributed by atoms with Crippen LogP contribution >= 0.6 is 0 Å². The Morgan fingerprint density at radius 2 is 1.95 bits per heavy atom. The molecular formula is C13H15F3O4. The summed E-state index contributed by atoms with van der Waals surface area (Å²) in [5.41, 5.74) is -1.54. The zero-order chi connectivity index (χ0) is 15.2. The maximum atomic E-state index is 12.5. The highest BCUT2D eigenvalue weighted by atomic mass is 19.4. The number of rotatable bonds is 7. The molecule has 0 saturated carbocycles. The summed E-state index contributed by atoms with van der Waals surface area (Å²) in [7, 11) is 0. The van der Waals surface area contributed by atoms with Crippen LogP contribution in [0.1, 0.15) is 29.3 Å². The number of alkyl halides is 3. The lowest BCUT2D eigenvalue weighted by Gasteiger charge is -2.12. The van der Waals surface area contributed by atoms with Gasteiger partial charge >= 0.3 is 12.1 Å². The molecule has 0 spiro atoms. The number of aromatic carboxylic acids is 1. The van der Waals surface area contributed by atoms with Gasteiger partial charge in [0, 0.05) is 6.61 Å². The number of carboxylic acid groups (broad SMARTS) is 1. The first-order chi connectivity index (χ1) is 9.36. The van der Waals surface area contributed by atoms with Gasteiger partial charge in [0.15, 0.2) is 0 Å². The lowest BCUT2D eigenvalue weighted by Crippen LogP contribution is -2.12. The fourth-order valence-corrected chi connectivity index (χ4v) is 1.46. The fourth-order valence-electron chi connectivity index (χ4n) is 1.46. The summed E-state index contributed by atoms with van der Waals surface area (Å²) >= 11 is 0. The van der Waals surface area contributed by atoms with Crippen LogP contribution in [0, 0.1) is 0 Å². The zero-order valence-corrected chi connectivity index (χ0v) is 10.9. The molecule has 1 rings (SSSR count). The Kier molecular flexibility index (Phi) is 5.82. The molecule has 0 radical (unpaired) electrons. The van der Waals surface area contributed by atoms with Gasteiger partial charge in [-0.15, -0.1) is 0 Å². The van der Waals surface area contributed by atoms with Crippen molar-refractivity contribution in [3.05, 3.63) is 29.3 Å². The number of benzene rings is 1. The Balaban J connectivity index is 2.78. The molecule has 0 aliphatic rings. The number of carboxylic acids is 1. The van der Waals surface area contributed by atoms with E-state index in [0.29, 0.717) is 12.7 Å². The molecule has 0 amide bonds. The molecule has 0 bridgehead atoms. The summed E-state index contributed by atoms with van der Waals surface area (Å²) in [6.45, 7) is 2.79. The Bertz CT molecular complexity index is 457. The molecule has 4 nitrogen and oxygen atoms in total. The standard InChI is InChI=1S/C13H15F3O4/c1-2-5-19-6-7-20-11-4-3-9(13(14,15)16)8-10(11)12(17)18/h3-4,8H,2,5-7H2,1H3,(H,17,18). The smallest absolute Gasteiger partial charge is 0.416 e. The molecule has 0 atom stereocenters. The molecule has 1 aromatic rings. The van der Waals surface area contributed by atoms with Crippen molar-refractivity contribution >= 4 is 5.97 Å². The van der Waals surface area contributed by atoms with Gasteiger partial charge in [-0.1, -0.05) is 6.92 Å². The molecule has 0 aliphatic carbocycles. The van der Waals surface area contributed by atoms with Crippen molar-refractivity contribution in [3.8, 4) is 5.75 Å². The molecule has 0 aromatic heterocycles. The van der Waals surface area contributed by atoms with Crippen molar-refractivity contribution in [3.63, 3.8) is 0 Å². The van der Waals surface area contributed by atoms with E-state index in [2.05, 4.69) is 0 Å². The van der Waals surface area contributed by atoms with E-state index in [4.69, 9.17) is 14.6 Å². The van der Waals surface area contributed by atoms with Gasteiger partial charge in [-0.2, -0.15) is 13.2 Å². The number of halogens is 3. The molecule has 1 aromatic carbocycles. The summed E-state index contributed by atoms with van der Waals surface area (Å²) in [5.74, 6) is -1.58. The van der Waals surface area contributed by atoms with E-state index < -0.39 is 23.3 Å². The van der Waals surface area contributed by atoms with E-state index in [1.54, 1.807) is 0 Å². The average Bonchev–Trinajstić information content (AvgIpc) is 2.37. The minimum absolute atomic E-state index is 0.0750. The minimum Gasteiger partial charge on any atom is -0.490 e. The van der Waals surface area contributed by atoms with Gasteiger partial charge in [0.05, 0.1) is 12.2 Å². The second-order valence-corrected chi connectivity index (χ2v) is 3.97. The van der Waals surface area contributed by atoms with Crippen molar-refractivity contribution in [2.75, 3.05) is 19.8 Å². The molecule has 20 heavy (non-hydrogen) atoms. The molecule has 112 valence electrons. The van der Waals surface area contributed by atoms with Crippen LogP contribution in [-0.2, 0) is 10.9 Å². The molecule has 1 N–H and O–H groups in total. The highest BCUT2D eigenvalue weighted by Crippen LogP contribution is 2.32. The normalized spacial score (nSPS) is 11.4. The van der Waals surface area contributed by atoms with Crippen LogP contribution < -0.4 is 4.74 Å². The first kappa shape index (κ1) is 16.3. The van der Waals surface area contributed by atoms with Crippen LogP contribution in [0.5, 0.6) is 5.75 Å².